The number of aliphatic carboxylic acids is 2. The minimum absolute atomic E-state index is 0.0830. The van der Waals surface area contributed by atoms with Gasteiger partial charge < -0.3 is 19.7 Å². The molecule has 0 aromatic rings. The van der Waals surface area contributed by atoms with Crippen LogP contribution in [0, 0.1) is 12.8 Å². The summed E-state index contributed by atoms with van der Waals surface area (Å²) < 4.78 is 40.2. The molecule has 0 saturated heterocycles. The van der Waals surface area contributed by atoms with E-state index in [1.165, 1.54) is 58.5 Å². The molecule has 0 radical (unpaired) electrons. The summed E-state index contributed by atoms with van der Waals surface area (Å²) in [7, 11) is -2.51. The molecule has 0 aliphatic heterocycles. The summed E-state index contributed by atoms with van der Waals surface area (Å²) in [6.07, 6.45) is 15.7. The third-order valence-electron chi connectivity index (χ3n) is 6.24. The zero-order valence-electron chi connectivity index (χ0n) is 25.0. The number of phosphoric ester groups is 1. The Morgan fingerprint density at radius 2 is 1.05 bits per heavy atom. The van der Waals surface area contributed by atoms with E-state index in [2.05, 4.69) is 6.92 Å². The SMILES string of the molecule is [CH2+]C(C)COP(=O)(OC)OC(COCCCCCCCCCCCCCCCC(=O)O)COCCCCC(=O)O. The number of hydrogen-bond donors (Lipinski definition) is 2. The monoisotopic (exact) mass is 595 g/mol. The van der Waals surface area contributed by atoms with E-state index in [1.807, 2.05) is 6.92 Å². The number of unbranched alkanes of at least 4 members (excludes halogenated alkanes) is 13. The third-order valence-corrected chi connectivity index (χ3v) is 7.70. The lowest BCUT2D eigenvalue weighted by Crippen LogP contribution is -2.26. The zero-order valence-corrected chi connectivity index (χ0v) is 25.9. The van der Waals surface area contributed by atoms with Gasteiger partial charge in [-0.15, -0.1) is 0 Å². The number of rotatable bonds is 31. The van der Waals surface area contributed by atoms with E-state index < -0.39 is 25.9 Å². The number of hydrogen-bond acceptors (Lipinski definition) is 8. The number of carbonyl (C=O) groups is 2. The first kappa shape index (κ1) is 38.8. The van der Waals surface area contributed by atoms with E-state index in [4.69, 9.17) is 33.3 Å². The maximum atomic E-state index is 12.8. The van der Waals surface area contributed by atoms with Crippen molar-refractivity contribution in [2.75, 3.05) is 40.1 Å². The molecule has 3 atom stereocenters. The first-order valence-electron chi connectivity index (χ1n) is 15.1. The summed E-state index contributed by atoms with van der Waals surface area (Å²) in [5.41, 5.74) is 0. The average Bonchev–Trinajstić information content (AvgIpc) is 2.90. The van der Waals surface area contributed by atoms with Gasteiger partial charge in [-0.05, 0) is 32.6 Å². The Labute approximate surface area is 242 Å². The van der Waals surface area contributed by atoms with E-state index in [1.54, 1.807) is 0 Å². The molecule has 0 amide bonds. The first-order valence-corrected chi connectivity index (χ1v) is 16.6. The highest BCUT2D eigenvalue weighted by Crippen LogP contribution is 2.50. The van der Waals surface area contributed by atoms with Crippen molar-refractivity contribution in [1.29, 1.82) is 0 Å². The Kier molecular flexibility index (Phi) is 25.9. The lowest BCUT2D eigenvalue weighted by molar-refractivity contribution is -0.138. The second-order valence-corrected chi connectivity index (χ2v) is 12.2. The summed E-state index contributed by atoms with van der Waals surface area (Å²) >= 11 is 0. The van der Waals surface area contributed by atoms with Crippen LogP contribution in [0.3, 0.4) is 0 Å². The molecule has 0 fully saturated rings. The van der Waals surface area contributed by atoms with E-state index in [9.17, 15) is 14.2 Å². The molecule has 0 aromatic carbocycles. The van der Waals surface area contributed by atoms with Gasteiger partial charge >= 0.3 is 19.8 Å². The van der Waals surface area contributed by atoms with Crippen LogP contribution in [0.5, 0.6) is 0 Å². The Balaban J connectivity index is 4.00. The van der Waals surface area contributed by atoms with Gasteiger partial charge in [-0.1, -0.05) is 70.6 Å². The Hall–Kier alpha value is -1.16. The summed E-state index contributed by atoms with van der Waals surface area (Å²) in [6.45, 7) is 7.03. The molecule has 0 aliphatic carbocycles. The molecule has 0 aliphatic rings. The van der Waals surface area contributed by atoms with Gasteiger partial charge in [0.15, 0.2) is 0 Å². The molecule has 0 saturated carbocycles. The molecular weight excluding hydrogens is 539 g/mol. The predicted octanol–water partition coefficient (Wildman–Crippen LogP) is 7.45. The Bertz CT molecular complexity index is 659. The number of phosphoric acid groups is 1. The molecule has 0 spiro atoms. The van der Waals surface area contributed by atoms with E-state index in [0.29, 0.717) is 32.5 Å². The third kappa shape index (κ3) is 27.0. The molecule has 0 aromatic heterocycles. The molecule has 0 bridgehead atoms. The minimum Gasteiger partial charge on any atom is -0.481 e. The maximum Gasteiger partial charge on any atom is 0.475 e. The van der Waals surface area contributed by atoms with Gasteiger partial charge in [0.05, 0.1) is 20.1 Å². The van der Waals surface area contributed by atoms with Crippen LogP contribution in [0.4, 0.5) is 0 Å². The molecule has 2 N–H and O–H groups in total. The van der Waals surface area contributed by atoms with Crippen molar-refractivity contribution in [1.82, 2.24) is 0 Å². The minimum atomic E-state index is -3.78. The molecule has 11 heteroatoms. The van der Waals surface area contributed by atoms with Gasteiger partial charge in [0.1, 0.15) is 18.6 Å². The van der Waals surface area contributed by atoms with Gasteiger partial charge in [0.2, 0.25) is 0 Å². The highest BCUT2D eigenvalue weighted by Gasteiger charge is 2.31. The fourth-order valence-corrected chi connectivity index (χ4v) is 5.15. The van der Waals surface area contributed by atoms with Crippen LogP contribution in [-0.2, 0) is 37.2 Å². The fraction of sp³-hybridized carbons (Fsp3) is 0.897. The fourth-order valence-electron chi connectivity index (χ4n) is 3.97. The topological polar surface area (TPSA) is 138 Å². The Morgan fingerprint density at radius 3 is 1.45 bits per heavy atom. The van der Waals surface area contributed by atoms with Crippen molar-refractivity contribution in [2.45, 2.75) is 122 Å². The first-order chi connectivity index (χ1) is 19.2. The highest BCUT2D eigenvalue weighted by molar-refractivity contribution is 7.48. The number of carboxylic acid groups (broad SMARTS) is 2. The second kappa shape index (κ2) is 26.7. The van der Waals surface area contributed by atoms with Crippen LogP contribution in [-0.4, -0.2) is 68.4 Å². The van der Waals surface area contributed by atoms with Gasteiger partial charge in [-0.2, -0.15) is 0 Å². The standard InChI is InChI=1S/C29H55O10P/c1-26(2)23-38-40(34,35-3)39-27(25-37-22-18-16-20-29(32)33)24-36-21-17-14-12-10-8-6-4-5-7-9-11-13-15-19-28(30)31/h26-27H,1,4-25H2,2-3H3,(H-,30,31,32,33)/p+1. The van der Waals surface area contributed by atoms with Crippen LogP contribution in [0.25, 0.3) is 0 Å². The number of carboxylic acids is 2. The van der Waals surface area contributed by atoms with Crippen LogP contribution >= 0.6 is 7.82 Å². The smallest absolute Gasteiger partial charge is 0.475 e. The highest BCUT2D eigenvalue weighted by atomic mass is 31.2. The van der Waals surface area contributed by atoms with E-state index in [-0.39, 0.29) is 32.2 Å². The summed E-state index contributed by atoms with van der Waals surface area (Å²) in [6, 6.07) is 0. The van der Waals surface area contributed by atoms with Crippen molar-refractivity contribution in [2.24, 2.45) is 5.92 Å². The van der Waals surface area contributed by atoms with Crippen molar-refractivity contribution < 1.29 is 47.4 Å². The normalized spacial score (nSPS) is 14.6. The molecule has 10 nitrogen and oxygen atoms in total. The summed E-state index contributed by atoms with van der Waals surface area (Å²) in [5, 5.41) is 17.4. The lowest BCUT2D eigenvalue weighted by atomic mass is 10.0. The number of ether oxygens (including phenoxy) is 2. The van der Waals surface area contributed by atoms with Gasteiger partial charge in [-0.25, -0.2) is 4.57 Å². The van der Waals surface area contributed by atoms with Gasteiger partial charge in [-0.3, -0.25) is 23.2 Å². The maximum absolute atomic E-state index is 12.8. The average molecular weight is 596 g/mol. The van der Waals surface area contributed by atoms with Crippen molar-refractivity contribution in [3.8, 4) is 0 Å². The van der Waals surface area contributed by atoms with Gasteiger partial charge in [0, 0.05) is 33.2 Å². The largest absolute Gasteiger partial charge is 0.481 e. The molecule has 0 heterocycles. The predicted molar refractivity (Wildman–Crippen MR) is 155 cm³/mol. The Morgan fingerprint density at radius 1 is 0.675 bits per heavy atom. The zero-order chi connectivity index (χ0) is 29.9. The van der Waals surface area contributed by atoms with Crippen LogP contribution in [0.15, 0.2) is 0 Å². The second-order valence-electron chi connectivity index (χ2n) is 10.5. The summed E-state index contributed by atoms with van der Waals surface area (Å²) in [5.74, 6) is -1.61. The molecule has 40 heavy (non-hydrogen) atoms. The summed E-state index contributed by atoms with van der Waals surface area (Å²) in [4.78, 5) is 21.1. The molecule has 3 unspecified atom stereocenters. The van der Waals surface area contributed by atoms with Crippen LogP contribution in [0.1, 0.15) is 116 Å². The van der Waals surface area contributed by atoms with Gasteiger partial charge in [0.25, 0.3) is 0 Å². The van der Waals surface area contributed by atoms with E-state index in [0.717, 1.165) is 32.1 Å². The molecular formula is C29H56O10P+. The molecule has 0 rings (SSSR count). The molecule has 236 valence electrons. The van der Waals surface area contributed by atoms with Crippen molar-refractivity contribution >= 4 is 19.8 Å². The van der Waals surface area contributed by atoms with Crippen LogP contribution in [0.2, 0.25) is 0 Å². The van der Waals surface area contributed by atoms with Crippen LogP contribution < -0.4 is 0 Å². The quantitative estimate of drug-likeness (QED) is 0.0472. The van der Waals surface area contributed by atoms with E-state index >= 15 is 0 Å². The lowest BCUT2D eigenvalue weighted by Gasteiger charge is -2.23. The van der Waals surface area contributed by atoms with Crippen molar-refractivity contribution in [3.63, 3.8) is 0 Å². The van der Waals surface area contributed by atoms with Crippen molar-refractivity contribution in [3.05, 3.63) is 6.92 Å².